The number of benzene rings is 1. The maximum absolute atomic E-state index is 11.4. The second-order valence-electron chi connectivity index (χ2n) is 6.15. The second-order valence-corrected chi connectivity index (χ2v) is 6.15. The van der Waals surface area contributed by atoms with E-state index < -0.39 is 0 Å². The first kappa shape index (κ1) is 18.2. The summed E-state index contributed by atoms with van der Waals surface area (Å²) in [6.07, 6.45) is 1.29. The molecule has 2 aliphatic rings. The highest BCUT2D eigenvalue weighted by atomic mass is 35.5. The Bertz CT molecular complexity index is 495. The summed E-state index contributed by atoms with van der Waals surface area (Å²) in [5.74, 6) is -0.273. The fraction of sp³-hybridized carbons (Fsp3) is 0.588. The molecule has 1 aromatic rings. The number of ether oxygens (including phenoxy) is 1. The fourth-order valence-electron chi connectivity index (χ4n) is 3.36. The van der Waals surface area contributed by atoms with E-state index in [1.54, 1.807) is 0 Å². The van der Waals surface area contributed by atoms with Crippen LogP contribution in [0.3, 0.4) is 0 Å². The molecule has 23 heavy (non-hydrogen) atoms. The average Bonchev–Trinajstić information content (AvgIpc) is 3.10. The molecule has 1 atom stereocenters. The van der Waals surface area contributed by atoms with Crippen molar-refractivity contribution in [3.05, 3.63) is 35.4 Å². The van der Waals surface area contributed by atoms with Gasteiger partial charge in [0.15, 0.2) is 0 Å². The molecule has 2 heterocycles. The Balaban J connectivity index is 0.00000192. The first-order valence-corrected chi connectivity index (χ1v) is 8.10. The summed E-state index contributed by atoms with van der Waals surface area (Å²) in [5.41, 5.74) is 1.87. The number of carbonyl (C=O) groups is 1. The Kier molecular flexibility index (Phi) is 6.84. The quantitative estimate of drug-likeness (QED) is 0.840. The molecule has 128 valence electrons. The van der Waals surface area contributed by atoms with Crippen LogP contribution in [0.25, 0.3) is 0 Å². The lowest BCUT2D eigenvalue weighted by Gasteiger charge is -2.37. The fourth-order valence-corrected chi connectivity index (χ4v) is 3.36. The van der Waals surface area contributed by atoms with Crippen LogP contribution in [0.5, 0.6) is 0 Å². The lowest BCUT2D eigenvalue weighted by Crippen LogP contribution is -2.50. The van der Waals surface area contributed by atoms with Crippen LogP contribution >= 0.6 is 12.4 Å². The van der Waals surface area contributed by atoms with E-state index in [0.717, 1.165) is 51.9 Å². The molecule has 0 amide bonds. The van der Waals surface area contributed by atoms with Gasteiger partial charge in [0.1, 0.15) is 0 Å². The number of halogens is 1. The van der Waals surface area contributed by atoms with Crippen molar-refractivity contribution < 1.29 is 9.53 Å². The highest BCUT2D eigenvalue weighted by Crippen LogP contribution is 2.14. The third kappa shape index (κ3) is 4.67. The molecule has 6 heteroatoms. The van der Waals surface area contributed by atoms with Gasteiger partial charge in [0, 0.05) is 45.3 Å². The Morgan fingerprint density at radius 1 is 1.22 bits per heavy atom. The molecule has 2 saturated heterocycles. The zero-order valence-electron chi connectivity index (χ0n) is 13.7. The number of methoxy groups -OCH3 is 1. The van der Waals surface area contributed by atoms with E-state index >= 15 is 0 Å². The largest absolute Gasteiger partial charge is 0.465 e. The summed E-state index contributed by atoms with van der Waals surface area (Å²) in [7, 11) is 1.41. The van der Waals surface area contributed by atoms with Gasteiger partial charge in [0.25, 0.3) is 0 Å². The van der Waals surface area contributed by atoms with Gasteiger partial charge in [-0.3, -0.25) is 9.80 Å². The van der Waals surface area contributed by atoms with Crippen LogP contribution in [0.15, 0.2) is 24.3 Å². The van der Waals surface area contributed by atoms with Crippen molar-refractivity contribution >= 4 is 18.4 Å². The molecule has 0 spiro atoms. The smallest absolute Gasteiger partial charge is 0.337 e. The monoisotopic (exact) mass is 339 g/mol. The van der Waals surface area contributed by atoms with E-state index in [0.29, 0.717) is 5.56 Å². The number of rotatable bonds is 4. The van der Waals surface area contributed by atoms with Crippen molar-refractivity contribution in [3.8, 4) is 0 Å². The van der Waals surface area contributed by atoms with E-state index in [-0.39, 0.29) is 18.4 Å². The van der Waals surface area contributed by atoms with E-state index in [1.165, 1.54) is 19.1 Å². The minimum Gasteiger partial charge on any atom is -0.465 e. The Labute approximate surface area is 144 Å². The van der Waals surface area contributed by atoms with Crippen LogP contribution < -0.4 is 5.32 Å². The van der Waals surface area contributed by atoms with Crippen molar-refractivity contribution in [1.82, 2.24) is 15.1 Å². The molecule has 0 saturated carbocycles. The third-order valence-corrected chi connectivity index (χ3v) is 4.74. The first-order chi connectivity index (χ1) is 10.8. The van der Waals surface area contributed by atoms with Gasteiger partial charge in [0.05, 0.1) is 12.7 Å². The Hall–Kier alpha value is -1.14. The normalized spacial score (nSPS) is 22.6. The predicted molar refractivity (Wildman–Crippen MR) is 93.2 cm³/mol. The van der Waals surface area contributed by atoms with Gasteiger partial charge in [-0.1, -0.05) is 12.1 Å². The highest BCUT2D eigenvalue weighted by molar-refractivity contribution is 5.89. The van der Waals surface area contributed by atoms with Crippen LogP contribution in [0.1, 0.15) is 22.3 Å². The summed E-state index contributed by atoms with van der Waals surface area (Å²) < 4.78 is 4.73. The number of hydrogen-bond donors (Lipinski definition) is 1. The van der Waals surface area contributed by atoms with E-state index in [4.69, 9.17) is 4.74 Å². The molecule has 0 aromatic heterocycles. The number of hydrogen-bond acceptors (Lipinski definition) is 5. The average molecular weight is 340 g/mol. The molecule has 0 bridgehead atoms. The van der Waals surface area contributed by atoms with Crippen molar-refractivity contribution in [1.29, 1.82) is 0 Å². The highest BCUT2D eigenvalue weighted by Gasteiger charge is 2.25. The van der Waals surface area contributed by atoms with Crippen LogP contribution in [-0.2, 0) is 11.3 Å². The third-order valence-electron chi connectivity index (χ3n) is 4.74. The summed E-state index contributed by atoms with van der Waals surface area (Å²) >= 11 is 0. The molecular weight excluding hydrogens is 314 g/mol. The van der Waals surface area contributed by atoms with Crippen LogP contribution in [0.4, 0.5) is 0 Å². The second kappa shape index (κ2) is 8.64. The van der Waals surface area contributed by atoms with Gasteiger partial charge in [-0.2, -0.15) is 0 Å². The first-order valence-electron chi connectivity index (χ1n) is 8.10. The SMILES string of the molecule is COC(=O)c1ccc(CN2CCN(C3CCNC3)CC2)cc1.Cl. The molecule has 3 rings (SSSR count). The van der Waals surface area contributed by atoms with Crippen molar-refractivity contribution in [2.75, 3.05) is 46.4 Å². The van der Waals surface area contributed by atoms with Gasteiger partial charge in [0.2, 0.25) is 0 Å². The molecule has 1 N–H and O–H groups in total. The van der Waals surface area contributed by atoms with Gasteiger partial charge in [-0.25, -0.2) is 4.79 Å². The van der Waals surface area contributed by atoms with E-state index in [9.17, 15) is 4.79 Å². The van der Waals surface area contributed by atoms with Crippen LogP contribution in [0, 0.1) is 0 Å². The molecule has 5 nitrogen and oxygen atoms in total. The minimum absolute atomic E-state index is 0. The lowest BCUT2D eigenvalue weighted by molar-refractivity contribution is 0.0600. The number of nitrogens with zero attached hydrogens (tertiary/aromatic N) is 2. The number of carbonyl (C=O) groups excluding carboxylic acids is 1. The molecule has 0 aliphatic carbocycles. The maximum Gasteiger partial charge on any atom is 0.337 e. The predicted octanol–water partition coefficient (Wildman–Crippen LogP) is 1.37. The van der Waals surface area contributed by atoms with Crippen LogP contribution in [0.2, 0.25) is 0 Å². The minimum atomic E-state index is -0.273. The number of nitrogens with one attached hydrogen (secondary N) is 1. The van der Waals surface area contributed by atoms with Crippen molar-refractivity contribution in [2.24, 2.45) is 0 Å². The van der Waals surface area contributed by atoms with Crippen LogP contribution in [-0.4, -0.2) is 68.2 Å². The number of esters is 1. The maximum atomic E-state index is 11.4. The van der Waals surface area contributed by atoms with E-state index in [2.05, 4.69) is 15.1 Å². The summed E-state index contributed by atoms with van der Waals surface area (Å²) in [6.45, 7) is 7.83. The molecule has 0 radical (unpaired) electrons. The Morgan fingerprint density at radius 2 is 1.91 bits per heavy atom. The molecule has 1 unspecified atom stereocenters. The molecule has 2 aliphatic heterocycles. The van der Waals surface area contributed by atoms with Gasteiger partial charge in [-0.05, 0) is 30.7 Å². The molecule has 1 aromatic carbocycles. The summed E-state index contributed by atoms with van der Waals surface area (Å²) in [5, 5.41) is 3.45. The van der Waals surface area contributed by atoms with Crippen molar-refractivity contribution in [2.45, 2.75) is 19.0 Å². The van der Waals surface area contributed by atoms with E-state index in [1.807, 2.05) is 24.3 Å². The van der Waals surface area contributed by atoms with Gasteiger partial charge < -0.3 is 10.1 Å². The summed E-state index contributed by atoms with van der Waals surface area (Å²) in [6, 6.07) is 8.49. The summed E-state index contributed by atoms with van der Waals surface area (Å²) in [4.78, 5) is 16.5. The Morgan fingerprint density at radius 3 is 2.48 bits per heavy atom. The molecular formula is C17H26ClN3O2. The van der Waals surface area contributed by atoms with Crippen molar-refractivity contribution in [3.63, 3.8) is 0 Å². The van der Waals surface area contributed by atoms with Gasteiger partial charge in [-0.15, -0.1) is 12.4 Å². The van der Waals surface area contributed by atoms with Gasteiger partial charge >= 0.3 is 5.97 Å². The molecule has 2 fully saturated rings. The number of piperazine rings is 1. The standard InChI is InChI=1S/C17H25N3O2.ClH/c1-22-17(21)15-4-2-14(3-5-15)13-19-8-10-20(11-9-19)16-6-7-18-12-16;/h2-5,16,18H,6-13H2,1H3;1H. The topological polar surface area (TPSA) is 44.8 Å². The zero-order chi connectivity index (χ0) is 15.4. The lowest BCUT2D eigenvalue weighted by atomic mass is 10.1. The zero-order valence-corrected chi connectivity index (χ0v) is 14.5.